The molecule has 2 fully saturated rings. The number of carbonyl (C=O) groups excluding carboxylic acids is 1. The van der Waals surface area contributed by atoms with Crippen LogP contribution >= 0.6 is 0 Å². The third-order valence-corrected chi connectivity index (χ3v) is 5.76. The summed E-state index contributed by atoms with van der Waals surface area (Å²) in [6.45, 7) is 5.45. The van der Waals surface area contributed by atoms with E-state index >= 15 is 0 Å². The van der Waals surface area contributed by atoms with Gasteiger partial charge in [-0.05, 0) is 37.4 Å². The number of aryl methyl sites for hydroxylation is 1. The summed E-state index contributed by atoms with van der Waals surface area (Å²) < 4.78 is 5.61. The molecule has 2 atom stereocenters. The lowest BCUT2D eigenvalue weighted by Crippen LogP contribution is -2.51. The second-order valence-corrected chi connectivity index (χ2v) is 7.61. The molecule has 2 aliphatic heterocycles. The van der Waals surface area contributed by atoms with Crippen LogP contribution in [0, 0.1) is 12.8 Å². The molecule has 144 valence electrons. The number of likely N-dealkylation sites (tertiary alicyclic amines) is 2. The molecule has 2 aromatic heterocycles. The van der Waals surface area contributed by atoms with Gasteiger partial charge < -0.3 is 14.5 Å². The van der Waals surface area contributed by atoms with Gasteiger partial charge in [-0.1, -0.05) is 11.2 Å². The second kappa shape index (κ2) is 7.36. The molecule has 1 N–H and O–H groups in total. The highest BCUT2D eigenvalue weighted by Crippen LogP contribution is 2.44. The highest BCUT2D eigenvalue weighted by atomic mass is 16.5. The number of amides is 1. The summed E-state index contributed by atoms with van der Waals surface area (Å²) in [6, 6.07) is 4.03. The molecule has 2 aliphatic rings. The van der Waals surface area contributed by atoms with Gasteiger partial charge in [-0.3, -0.25) is 14.7 Å². The molecule has 1 amide bonds. The summed E-state index contributed by atoms with van der Waals surface area (Å²) in [6.07, 6.45) is 4.79. The fraction of sp³-hybridized carbons (Fsp3) is 0.579. The van der Waals surface area contributed by atoms with E-state index in [1.165, 1.54) is 5.56 Å². The second-order valence-electron chi connectivity index (χ2n) is 7.61. The van der Waals surface area contributed by atoms with Crippen LogP contribution in [0.1, 0.15) is 30.1 Å². The zero-order valence-corrected chi connectivity index (χ0v) is 15.5. The molecule has 0 saturated carbocycles. The zero-order valence-electron chi connectivity index (χ0n) is 15.5. The standard InChI is InChI=1S/C19H25N5O3/c1-14-21-18(27-22-14)19-12-23(10-15-3-2-6-20-9-15)7-4-16(19)11-24(13-19)17(26)5-8-25/h2-3,6,9,16,25H,4-5,7-8,10-13H2,1H3/t16-,19-/m0/s1. The van der Waals surface area contributed by atoms with Crippen LogP contribution in [0.15, 0.2) is 29.0 Å². The number of aliphatic hydroxyl groups is 1. The van der Waals surface area contributed by atoms with E-state index in [0.717, 1.165) is 26.1 Å². The summed E-state index contributed by atoms with van der Waals surface area (Å²) in [5.41, 5.74) is 0.811. The average Bonchev–Trinajstić information content (AvgIpc) is 3.27. The van der Waals surface area contributed by atoms with Gasteiger partial charge in [0.05, 0.1) is 12.0 Å². The molecule has 8 heteroatoms. The number of aliphatic hydroxyl groups excluding tert-OH is 1. The quantitative estimate of drug-likeness (QED) is 0.829. The zero-order chi connectivity index (χ0) is 18.9. The lowest BCUT2D eigenvalue weighted by molar-refractivity contribution is -0.131. The topological polar surface area (TPSA) is 95.6 Å². The maximum absolute atomic E-state index is 12.4. The molecule has 0 aromatic carbocycles. The number of rotatable bonds is 5. The molecule has 8 nitrogen and oxygen atoms in total. The Morgan fingerprint density at radius 3 is 3.04 bits per heavy atom. The van der Waals surface area contributed by atoms with Crippen molar-refractivity contribution in [3.8, 4) is 0 Å². The molecule has 0 spiro atoms. The Morgan fingerprint density at radius 1 is 1.44 bits per heavy atom. The SMILES string of the molecule is Cc1noc([C@]23CN(Cc4cccnc4)CC[C@H]2CN(C(=O)CCO)C3)n1. The van der Waals surface area contributed by atoms with Gasteiger partial charge in [-0.15, -0.1) is 0 Å². The summed E-state index contributed by atoms with van der Waals surface area (Å²) in [5, 5.41) is 13.1. The van der Waals surface area contributed by atoms with Crippen LogP contribution in [0.3, 0.4) is 0 Å². The van der Waals surface area contributed by atoms with Crippen molar-refractivity contribution in [2.75, 3.05) is 32.8 Å². The Bertz CT molecular complexity index is 796. The Balaban J connectivity index is 1.60. The van der Waals surface area contributed by atoms with E-state index in [0.29, 0.717) is 24.8 Å². The summed E-state index contributed by atoms with van der Waals surface area (Å²) >= 11 is 0. The maximum atomic E-state index is 12.4. The Kier molecular flexibility index (Phi) is 4.92. The van der Waals surface area contributed by atoms with Crippen LogP contribution in [-0.2, 0) is 16.8 Å². The minimum atomic E-state index is -0.354. The first-order valence-corrected chi connectivity index (χ1v) is 9.41. The van der Waals surface area contributed by atoms with Crippen LogP contribution in [0.5, 0.6) is 0 Å². The van der Waals surface area contributed by atoms with Crippen molar-refractivity contribution in [3.05, 3.63) is 41.8 Å². The maximum Gasteiger partial charge on any atom is 0.236 e. The molecule has 0 bridgehead atoms. The fourth-order valence-corrected chi connectivity index (χ4v) is 4.48. The Hall–Kier alpha value is -2.32. The van der Waals surface area contributed by atoms with E-state index in [1.807, 2.05) is 24.1 Å². The first-order chi connectivity index (χ1) is 13.1. The molecule has 0 radical (unpaired) electrons. The van der Waals surface area contributed by atoms with Crippen molar-refractivity contribution in [3.63, 3.8) is 0 Å². The van der Waals surface area contributed by atoms with E-state index in [-0.39, 0.29) is 30.3 Å². The molecular formula is C19H25N5O3. The first kappa shape index (κ1) is 18.1. The predicted molar refractivity (Wildman–Crippen MR) is 96.6 cm³/mol. The lowest BCUT2D eigenvalue weighted by Gasteiger charge is -2.41. The number of pyridine rings is 1. The van der Waals surface area contributed by atoms with Crippen LogP contribution in [-0.4, -0.2) is 68.7 Å². The number of fused-ring (bicyclic) bond motifs is 1. The minimum absolute atomic E-state index is 0.0127. The van der Waals surface area contributed by atoms with Crippen molar-refractivity contribution in [2.45, 2.75) is 31.7 Å². The Morgan fingerprint density at radius 2 is 2.33 bits per heavy atom. The smallest absolute Gasteiger partial charge is 0.236 e. The van der Waals surface area contributed by atoms with Gasteiger partial charge in [0.25, 0.3) is 0 Å². The number of hydrogen-bond donors (Lipinski definition) is 1. The van der Waals surface area contributed by atoms with Crippen molar-refractivity contribution in [2.24, 2.45) is 5.92 Å². The van der Waals surface area contributed by atoms with E-state index in [4.69, 9.17) is 9.63 Å². The van der Waals surface area contributed by atoms with Crippen molar-refractivity contribution >= 4 is 5.91 Å². The van der Waals surface area contributed by atoms with Gasteiger partial charge in [-0.2, -0.15) is 4.98 Å². The molecule has 27 heavy (non-hydrogen) atoms. The molecule has 2 aromatic rings. The largest absolute Gasteiger partial charge is 0.396 e. The number of nitrogens with zero attached hydrogens (tertiary/aromatic N) is 5. The molecule has 4 rings (SSSR count). The predicted octanol–water partition coefficient (Wildman–Crippen LogP) is 0.758. The van der Waals surface area contributed by atoms with Gasteiger partial charge in [0.15, 0.2) is 5.82 Å². The third kappa shape index (κ3) is 3.46. The number of carbonyl (C=O) groups is 1. The van der Waals surface area contributed by atoms with E-state index < -0.39 is 0 Å². The monoisotopic (exact) mass is 371 g/mol. The molecular weight excluding hydrogens is 346 g/mol. The summed E-state index contributed by atoms with van der Waals surface area (Å²) in [7, 11) is 0. The first-order valence-electron chi connectivity index (χ1n) is 9.41. The van der Waals surface area contributed by atoms with Crippen LogP contribution in [0.2, 0.25) is 0 Å². The van der Waals surface area contributed by atoms with Crippen LogP contribution in [0.25, 0.3) is 0 Å². The van der Waals surface area contributed by atoms with Gasteiger partial charge >= 0.3 is 0 Å². The highest BCUT2D eigenvalue weighted by Gasteiger charge is 2.55. The molecule has 4 heterocycles. The van der Waals surface area contributed by atoms with Gasteiger partial charge in [0.2, 0.25) is 11.8 Å². The Labute approximate surface area is 158 Å². The average molecular weight is 371 g/mol. The van der Waals surface area contributed by atoms with Gasteiger partial charge in [0, 0.05) is 45.0 Å². The van der Waals surface area contributed by atoms with E-state index in [1.54, 1.807) is 6.20 Å². The normalized spacial score (nSPS) is 25.6. The van der Waals surface area contributed by atoms with Crippen molar-refractivity contribution < 1.29 is 14.4 Å². The van der Waals surface area contributed by atoms with Gasteiger partial charge in [-0.25, -0.2) is 0 Å². The third-order valence-electron chi connectivity index (χ3n) is 5.76. The number of aromatic nitrogens is 3. The van der Waals surface area contributed by atoms with E-state index in [2.05, 4.69) is 26.1 Å². The van der Waals surface area contributed by atoms with Crippen LogP contribution in [0.4, 0.5) is 0 Å². The summed E-state index contributed by atoms with van der Waals surface area (Å²) in [4.78, 5) is 25.4. The van der Waals surface area contributed by atoms with Gasteiger partial charge in [0.1, 0.15) is 0 Å². The number of piperidine rings is 1. The molecule has 2 saturated heterocycles. The summed E-state index contributed by atoms with van der Waals surface area (Å²) in [5.74, 6) is 1.51. The minimum Gasteiger partial charge on any atom is -0.396 e. The molecule has 0 aliphatic carbocycles. The number of hydrogen-bond acceptors (Lipinski definition) is 7. The highest BCUT2D eigenvalue weighted by molar-refractivity contribution is 5.77. The van der Waals surface area contributed by atoms with Crippen molar-refractivity contribution in [1.29, 1.82) is 0 Å². The van der Waals surface area contributed by atoms with E-state index in [9.17, 15) is 4.79 Å². The molecule has 0 unspecified atom stereocenters. The van der Waals surface area contributed by atoms with Crippen LogP contribution < -0.4 is 0 Å². The lowest BCUT2D eigenvalue weighted by atomic mass is 9.73. The van der Waals surface area contributed by atoms with Crippen molar-refractivity contribution in [1.82, 2.24) is 24.9 Å². The fourth-order valence-electron chi connectivity index (χ4n) is 4.48.